The molecule has 2 saturated heterocycles. The molecule has 80 valence electrons. The van der Waals surface area contributed by atoms with Crippen LogP contribution in [-0.2, 0) is 0 Å². The second-order valence-corrected chi connectivity index (χ2v) is 4.27. The maximum Gasteiger partial charge on any atom is 0.129 e. The highest BCUT2D eigenvalue weighted by molar-refractivity contribution is 5.44. The lowest BCUT2D eigenvalue weighted by Gasteiger charge is -2.30. The van der Waals surface area contributed by atoms with Crippen LogP contribution in [0, 0.1) is 28.6 Å². The van der Waals surface area contributed by atoms with E-state index in [4.69, 9.17) is 10.5 Å². The molecule has 0 amide bonds. The molecule has 2 fully saturated rings. The predicted octanol–water partition coefficient (Wildman–Crippen LogP) is 1.81. The molecule has 1 unspecified atom stereocenters. The first kappa shape index (κ1) is 10.7. The van der Waals surface area contributed by atoms with Crippen molar-refractivity contribution in [2.75, 3.05) is 0 Å². The second-order valence-electron chi connectivity index (χ2n) is 4.27. The van der Waals surface area contributed by atoms with Gasteiger partial charge in [-0.25, -0.2) is 0 Å². The molecule has 0 saturated carbocycles. The number of hydrogen-bond acceptors (Lipinski definition) is 3. The minimum atomic E-state index is 0.116. The van der Waals surface area contributed by atoms with E-state index < -0.39 is 0 Å². The Balaban J connectivity index is 2.44. The van der Waals surface area contributed by atoms with E-state index in [2.05, 4.69) is 17.6 Å². The molecule has 0 aromatic rings. The first-order chi connectivity index (χ1) is 7.80. The molecule has 0 radical (unpaired) electrons. The quantitative estimate of drug-likeness (QED) is 0.531. The molecule has 2 rings (SSSR count). The zero-order valence-corrected chi connectivity index (χ0v) is 9.03. The molecule has 0 aromatic heterocycles. The van der Waals surface area contributed by atoms with E-state index in [1.807, 2.05) is 18.2 Å². The summed E-state index contributed by atoms with van der Waals surface area (Å²) in [5, 5.41) is 21.4. The Labute approximate surface area is 95.4 Å². The fourth-order valence-corrected chi connectivity index (χ4v) is 2.72. The lowest BCUT2D eigenvalue weighted by molar-refractivity contribution is 0.412. The maximum absolute atomic E-state index is 8.96. The summed E-state index contributed by atoms with van der Waals surface area (Å²) < 4.78 is 0. The molecule has 2 aliphatic heterocycles. The van der Waals surface area contributed by atoms with Gasteiger partial charge in [-0.15, -0.1) is 5.73 Å². The van der Waals surface area contributed by atoms with Crippen LogP contribution in [0.4, 0.5) is 0 Å². The Bertz CT molecular complexity index is 439. The van der Waals surface area contributed by atoms with Crippen LogP contribution < -0.4 is 5.32 Å². The summed E-state index contributed by atoms with van der Waals surface area (Å²) in [6.07, 6.45) is 4.90. The van der Waals surface area contributed by atoms with Crippen LogP contribution in [0.15, 0.2) is 29.5 Å². The van der Waals surface area contributed by atoms with Crippen molar-refractivity contribution in [3.63, 3.8) is 0 Å². The molecular weight excluding hydrogens is 198 g/mol. The van der Waals surface area contributed by atoms with Gasteiger partial charge in [0.05, 0.1) is 0 Å². The number of fused-ring (bicyclic) bond motifs is 2. The van der Waals surface area contributed by atoms with Crippen molar-refractivity contribution >= 4 is 0 Å². The number of allylic oxidation sites excluding steroid dienone is 1. The van der Waals surface area contributed by atoms with Crippen LogP contribution in [0.5, 0.6) is 0 Å². The summed E-state index contributed by atoms with van der Waals surface area (Å²) in [6, 6.07) is 4.79. The molecule has 3 nitrogen and oxygen atoms in total. The molecule has 2 heterocycles. The second kappa shape index (κ2) is 4.37. The van der Waals surface area contributed by atoms with E-state index in [0.717, 1.165) is 24.8 Å². The van der Waals surface area contributed by atoms with Crippen LogP contribution in [0.3, 0.4) is 0 Å². The minimum absolute atomic E-state index is 0.116. The Morgan fingerprint density at radius 2 is 2.12 bits per heavy atom. The van der Waals surface area contributed by atoms with Gasteiger partial charge in [-0.05, 0) is 30.9 Å². The fourth-order valence-electron chi connectivity index (χ4n) is 2.72. The number of nitrogens with zero attached hydrogens (tertiary/aromatic N) is 2. The molecule has 0 aliphatic carbocycles. The Morgan fingerprint density at radius 3 is 2.75 bits per heavy atom. The summed E-state index contributed by atoms with van der Waals surface area (Å²) in [5.41, 5.74) is 4.02. The van der Waals surface area contributed by atoms with Gasteiger partial charge in [-0.2, -0.15) is 10.5 Å². The van der Waals surface area contributed by atoms with E-state index in [-0.39, 0.29) is 11.5 Å². The monoisotopic (exact) mass is 211 g/mol. The van der Waals surface area contributed by atoms with Gasteiger partial charge in [0, 0.05) is 18.0 Å². The highest BCUT2D eigenvalue weighted by Gasteiger charge is 2.38. The van der Waals surface area contributed by atoms with Crippen LogP contribution in [0.1, 0.15) is 19.3 Å². The van der Waals surface area contributed by atoms with Gasteiger partial charge in [0.15, 0.2) is 0 Å². The highest BCUT2D eigenvalue weighted by atomic mass is 15.0. The normalized spacial score (nSPS) is 31.1. The summed E-state index contributed by atoms with van der Waals surface area (Å²) in [6.45, 7) is 3.59. The summed E-state index contributed by atoms with van der Waals surface area (Å²) in [4.78, 5) is 0. The first-order valence-corrected chi connectivity index (χ1v) is 5.45. The molecule has 1 N–H and O–H groups in total. The van der Waals surface area contributed by atoms with Crippen LogP contribution in [0.2, 0.25) is 0 Å². The van der Waals surface area contributed by atoms with E-state index in [0.29, 0.717) is 12.1 Å². The average molecular weight is 211 g/mol. The van der Waals surface area contributed by atoms with E-state index in [9.17, 15) is 0 Å². The van der Waals surface area contributed by atoms with Crippen molar-refractivity contribution < 1.29 is 0 Å². The zero-order chi connectivity index (χ0) is 11.5. The molecule has 3 atom stereocenters. The van der Waals surface area contributed by atoms with Gasteiger partial charge < -0.3 is 5.32 Å². The van der Waals surface area contributed by atoms with E-state index in [1.54, 1.807) is 0 Å². The third kappa shape index (κ3) is 1.68. The van der Waals surface area contributed by atoms with E-state index >= 15 is 0 Å². The number of piperidine rings is 1. The summed E-state index contributed by atoms with van der Waals surface area (Å²) in [5.74, 6) is 0.116. The standard InChI is InChI=1S/C13H13N3/c1-2-3-11-12(9(7-14)8-15)6-10-4-5-13(11)16-10/h3,10-11,13,16H,1,4-6H2/t10?,11-,13+/m1/s1. The Kier molecular flexibility index (Phi) is 2.93. The lowest BCUT2D eigenvalue weighted by atomic mass is 9.84. The predicted molar refractivity (Wildman–Crippen MR) is 60.0 cm³/mol. The first-order valence-electron chi connectivity index (χ1n) is 5.45. The van der Waals surface area contributed by atoms with Gasteiger partial charge >= 0.3 is 0 Å². The molecule has 16 heavy (non-hydrogen) atoms. The topological polar surface area (TPSA) is 59.6 Å². The largest absolute Gasteiger partial charge is 0.310 e. The van der Waals surface area contributed by atoms with Crippen LogP contribution in [-0.4, -0.2) is 12.1 Å². The minimum Gasteiger partial charge on any atom is -0.310 e. The number of rotatable bonds is 1. The molecule has 3 heteroatoms. The van der Waals surface area contributed by atoms with Gasteiger partial charge in [0.1, 0.15) is 17.7 Å². The molecule has 2 aliphatic rings. The van der Waals surface area contributed by atoms with Crippen LogP contribution >= 0.6 is 0 Å². The average Bonchev–Trinajstić information content (AvgIpc) is 2.69. The van der Waals surface area contributed by atoms with Crippen molar-refractivity contribution in [3.05, 3.63) is 29.5 Å². The molecule has 2 bridgehead atoms. The van der Waals surface area contributed by atoms with Crippen molar-refractivity contribution in [1.29, 1.82) is 10.5 Å². The Hall–Kier alpha value is -1.80. The Morgan fingerprint density at radius 1 is 1.38 bits per heavy atom. The van der Waals surface area contributed by atoms with Crippen molar-refractivity contribution in [2.24, 2.45) is 5.92 Å². The third-order valence-corrected chi connectivity index (χ3v) is 3.42. The van der Waals surface area contributed by atoms with Gasteiger partial charge in [-0.3, -0.25) is 0 Å². The van der Waals surface area contributed by atoms with Crippen molar-refractivity contribution in [3.8, 4) is 12.1 Å². The number of hydrogen-bond donors (Lipinski definition) is 1. The van der Waals surface area contributed by atoms with Crippen molar-refractivity contribution in [1.82, 2.24) is 5.32 Å². The van der Waals surface area contributed by atoms with Gasteiger partial charge in [0.25, 0.3) is 0 Å². The zero-order valence-electron chi connectivity index (χ0n) is 9.03. The smallest absolute Gasteiger partial charge is 0.129 e. The summed E-state index contributed by atoms with van der Waals surface area (Å²) >= 11 is 0. The fraction of sp³-hybridized carbons (Fsp3) is 0.462. The van der Waals surface area contributed by atoms with Crippen molar-refractivity contribution in [2.45, 2.75) is 31.3 Å². The molecule has 0 spiro atoms. The summed E-state index contributed by atoms with van der Waals surface area (Å²) in [7, 11) is 0. The van der Waals surface area contributed by atoms with Gasteiger partial charge in [0.2, 0.25) is 0 Å². The number of nitrogens with one attached hydrogen (secondary N) is 1. The van der Waals surface area contributed by atoms with E-state index in [1.165, 1.54) is 0 Å². The number of nitriles is 2. The maximum atomic E-state index is 8.96. The third-order valence-electron chi connectivity index (χ3n) is 3.42. The van der Waals surface area contributed by atoms with Crippen LogP contribution in [0.25, 0.3) is 0 Å². The highest BCUT2D eigenvalue weighted by Crippen LogP contribution is 2.37. The van der Waals surface area contributed by atoms with Gasteiger partial charge in [-0.1, -0.05) is 6.58 Å². The SMILES string of the molecule is C=C=C[C@@H]1C(=C(C#N)C#N)CC2CC[C@@H]1N2. The molecular formula is C13H13N3. The lowest BCUT2D eigenvalue weighted by Crippen LogP contribution is -2.41. The molecule has 0 aromatic carbocycles.